The maximum Gasteiger partial charge on any atom is 0.169 e. The van der Waals surface area contributed by atoms with E-state index in [4.69, 9.17) is 28.1 Å². The Kier molecular flexibility index (Phi) is 11.3. The molecule has 3 atom stereocenters. The Hall–Kier alpha value is -0.0631. The lowest BCUT2D eigenvalue weighted by molar-refractivity contribution is -0.244. The highest BCUT2D eigenvalue weighted by Crippen LogP contribution is 2.39. The third kappa shape index (κ3) is 6.68. The van der Waals surface area contributed by atoms with Crippen molar-refractivity contribution in [1.82, 2.24) is 0 Å². The maximum absolute atomic E-state index is 10.2. The Morgan fingerprint density at radius 2 is 1.62 bits per heavy atom. The molecule has 1 fully saturated rings. The van der Waals surface area contributed by atoms with Crippen molar-refractivity contribution in [2.75, 3.05) is 54.9 Å². The minimum absolute atomic E-state index is 0.168. The van der Waals surface area contributed by atoms with E-state index < -0.39 is 21.7 Å². The Bertz CT molecular complexity index is 315. The van der Waals surface area contributed by atoms with Crippen LogP contribution in [0.3, 0.4) is 0 Å². The van der Waals surface area contributed by atoms with Crippen LogP contribution >= 0.6 is 0 Å². The largest absolute Gasteiger partial charge is 0.421 e. The second-order valence-electron chi connectivity index (χ2n) is 6.05. The second-order valence-corrected chi connectivity index (χ2v) is 7.37. The lowest BCUT2D eigenvalue weighted by atomic mass is 9.80. The molecule has 0 aromatic heterocycles. The SMILES string of the molecule is COCCO[SiH2]CC(OC)(OC)C1CCC(O)C(OCCOC)C1. The van der Waals surface area contributed by atoms with E-state index in [-0.39, 0.29) is 12.0 Å². The van der Waals surface area contributed by atoms with Crippen LogP contribution in [0, 0.1) is 5.92 Å². The first-order valence-electron chi connectivity index (χ1n) is 8.59. The lowest BCUT2D eigenvalue weighted by Crippen LogP contribution is -2.49. The number of hydrogen-bond donors (Lipinski definition) is 1. The number of rotatable bonds is 13. The molecule has 0 saturated heterocycles. The quantitative estimate of drug-likeness (QED) is 0.286. The van der Waals surface area contributed by atoms with E-state index in [0.29, 0.717) is 39.3 Å². The molecule has 0 radical (unpaired) electrons. The fourth-order valence-corrected chi connectivity index (χ4v) is 4.83. The molecule has 0 spiro atoms. The van der Waals surface area contributed by atoms with Crippen molar-refractivity contribution in [2.24, 2.45) is 5.92 Å². The molecule has 1 aliphatic carbocycles. The molecule has 144 valence electrons. The zero-order valence-electron chi connectivity index (χ0n) is 15.5. The first-order valence-corrected chi connectivity index (χ1v) is 10.2. The van der Waals surface area contributed by atoms with Crippen LogP contribution in [0.5, 0.6) is 0 Å². The van der Waals surface area contributed by atoms with E-state index in [2.05, 4.69) is 0 Å². The minimum Gasteiger partial charge on any atom is -0.421 e. The van der Waals surface area contributed by atoms with Gasteiger partial charge in [-0.25, -0.2) is 0 Å². The Morgan fingerprint density at radius 3 is 2.25 bits per heavy atom. The highest BCUT2D eigenvalue weighted by molar-refractivity contribution is 6.27. The lowest BCUT2D eigenvalue weighted by Gasteiger charge is -2.43. The van der Waals surface area contributed by atoms with E-state index >= 15 is 0 Å². The average Bonchev–Trinajstić information content (AvgIpc) is 2.60. The van der Waals surface area contributed by atoms with Crippen LogP contribution in [0.2, 0.25) is 6.04 Å². The van der Waals surface area contributed by atoms with Gasteiger partial charge in [-0.05, 0) is 19.3 Å². The fraction of sp³-hybridized carbons (Fsp3) is 1.00. The smallest absolute Gasteiger partial charge is 0.169 e. The molecule has 0 aliphatic heterocycles. The summed E-state index contributed by atoms with van der Waals surface area (Å²) in [7, 11) is 5.88. The average molecular weight is 367 g/mol. The summed E-state index contributed by atoms with van der Waals surface area (Å²) in [5, 5.41) is 10.2. The predicted octanol–water partition coefficient (Wildman–Crippen LogP) is 0.333. The van der Waals surface area contributed by atoms with E-state index in [0.717, 1.165) is 12.5 Å². The van der Waals surface area contributed by atoms with Gasteiger partial charge in [0.05, 0.1) is 38.6 Å². The summed E-state index contributed by atoms with van der Waals surface area (Å²) < 4.78 is 33.1. The van der Waals surface area contributed by atoms with Crippen LogP contribution in [-0.4, -0.2) is 87.7 Å². The highest BCUT2D eigenvalue weighted by atomic mass is 28.2. The number of aliphatic hydroxyl groups is 1. The number of methoxy groups -OCH3 is 4. The van der Waals surface area contributed by atoms with Crippen molar-refractivity contribution >= 4 is 9.76 Å². The first-order chi connectivity index (χ1) is 11.6. The summed E-state index contributed by atoms with van der Waals surface area (Å²) in [4.78, 5) is 0. The molecule has 0 bridgehead atoms. The van der Waals surface area contributed by atoms with Crippen LogP contribution in [0.1, 0.15) is 19.3 Å². The molecule has 1 saturated carbocycles. The first kappa shape index (κ1) is 22.0. The van der Waals surface area contributed by atoms with Gasteiger partial charge < -0.3 is 33.2 Å². The molecular weight excluding hydrogens is 332 g/mol. The summed E-state index contributed by atoms with van der Waals surface area (Å²) in [5.41, 5.74) is 0. The molecule has 1 rings (SSSR count). The van der Waals surface area contributed by atoms with Crippen molar-refractivity contribution in [2.45, 2.75) is 43.3 Å². The van der Waals surface area contributed by atoms with Gasteiger partial charge in [0, 0.05) is 40.4 Å². The van der Waals surface area contributed by atoms with Gasteiger partial charge in [-0.1, -0.05) is 0 Å². The monoisotopic (exact) mass is 366 g/mol. The zero-order chi connectivity index (χ0) is 17.8. The molecule has 3 unspecified atom stereocenters. The fourth-order valence-electron chi connectivity index (χ4n) is 3.26. The summed E-state index contributed by atoms with van der Waals surface area (Å²) in [6.07, 6.45) is 1.58. The normalized spacial score (nSPS) is 25.6. The van der Waals surface area contributed by atoms with Crippen LogP contribution < -0.4 is 0 Å². The molecular formula is C16H34O7Si. The predicted molar refractivity (Wildman–Crippen MR) is 92.9 cm³/mol. The maximum atomic E-state index is 10.2. The molecule has 0 aromatic rings. The molecule has 1 N–H and O–H groups in total. The van der Waals surface area contributed by atoms with Crippen LogP contribution in [-0.2, 0) is 28.1 Å². The van der Waals surface area contributed by atoms with Crippen LogP contribution in [0.4, 0.5) is 0 Å². The highest BCUT2D eigenvalue weighted by Gasteiger charge is 2.44. The van der Waals surface area contributed by atoms with Gasteiger partial charge in [0.25, 0.3) is 0 Å². The summed E-state index contributed by atoms with van der Waals surface area (Å²) in [6, 6.07) is 0.759. The van der Waals surface area contributed by atoms with Gasteiger partial charge in [-0.2, -0.15) is 0 Å². The topological polar surface area (TPSA) is 75.6 Å². The van der Waals surface area contributed by atoms with Crippen molar-refractivity contribution in [3.05, 3.63) is 0 Å². The molecule has 0 heterocycles. The third-order valence-electron chi connectivity index (χ3n) is 4.72. The molecule has 7 nitrogen and oxygen atoms in total. The van der Waals surface area contributed by atoms with Crippen molar-refractivity contribution in [1.29, 1.82) is 0 Å². The second kappa shape index (κ2) is 12.3. The van der Waals surface area contributed by atoms with Gasteiger partial charge in [-0.15, -0.1) is 0 Å². The molecule has 0 aromatic carbocycles. The van der Waals surface area contributed by atoms with Crippen LogP contribution in [0.25, 0.3) is 0 Å². The third-order valence-corrected chi connectivity index (χ3v) is 6.19. The summed E-state index contributed by atoms with van der Waals surface area (Å²) in [5.74, 6) is -0.496. The molecule has 24 heavy (non-hydrogen) atoms. The van der Waals surface area contributed by atoms with E-state index in [1.165, 1.54) is 0 Å². The van der Waals surface area contributed by atoms with Gasteiger partial charge >= 0.3 is 0 Å². The number of aliphatic hydroxyl groups excluding tert-OH is 1. The number of hydrogen-bond acceptors (Lipinski definition) is 7. The Balaban J connectivity index is 2.58. The van der Waals surface area contributed by atoms with Crippen molar-refractivity contribution in [3.8, 4) is 0 Å². The van der Waals surface area contributed by atoms with Crippen molar-refractivity contribution < 1.29 is 33.2 Å². The van der Waals surface area contributed by atoms with Crippen molar-refractivity contribution in [3.63, 3.8) is 0 Å². The Morgan fingerprint density at radius 1 is 0.958 bits per heavy atom. The zero-order valence-corrected chi connectivity index (χ0v) is 16.9. The van der Waals surface area contributed by atoms with Gasteiger partial charge in [-0.3, -0.25) is 0 Å². The van der Waals surface area contributed by atoms with Crippen LogP contribution in [0.15, 0.2) is 0 Å². The molecule has 8 heteroatoms. The standard InChI is InChI=1S/C16H34O7Si/c1-18-7-9-22-15-11-13(5-6-14(15)17)16(20-3,21-4)12-24-23-10-8-19-2/h13-15,17H,5-12,24H2,1-4H3. The molecule has 0 amide bonds. The van der Waals surface area contributed by atoms with E-state index in [1.807, 2.05) is 0 Å². The number of ether oxygens (including phenoxy) is 5. The van der Waals surface area contributed by atoms with Gasteiger partial charge in [0.1, 0.15) is 0 Å². The van der Waals surface area contributed by atoms with Gasteiger partial charge in [0.15, 0.2) is 15.6 Å². The van der Waals surface area contributed by atoms with E-state index in [1.54, 1.807) is 28.4 Å². The minimum atomic E-state index is -0.783. The molecule has 1 aliphatic rings. The van der Waals surface area contributed by atoms with Gasteiger partial charge in [0.2, 0.25) is 0 Å². The van der Waals surface area contributed by atoms with E-state index in [9.17, 15) is 5.11 Å². The summed E-state index contributed by atoms with van der Waals surface area (Å²) >= 11 is 0. The summed E-state index contributed by atoms with van der Waals surface area (Å²) in [6.45, 7) is 2.21. The Labute approximate surface area is 147 Å².